The lowest BCUT2D eigenvalue weighted by Crippen LogP contribution is -2.26. The van der Waals surface area contributed by atoms with Gasteiger partial charge in [-0.25, -0.2) is 0 Å². The number of ketones is 1. The first-order chi connectivity index (χ1) is 11.7. The lowest BCUT2D eigenvalue weighted by atomic mass is 9.84. The molecule has 3 nitrogen and oxygen atoms in total. The van der Waals surface area contributed by atoms with E-state index in [-0.39, 0.29) is 11.7 Å². The van der Waals surface area contributed by atoms with Crippen molar-refractivity contribution < 1.29 is 4.79 Å². The van der Waals surface area contributed by atoms with Crippen molar-refractivity contribution in [2.75, 3.05) is 0 Å². The van der Waals surface area contributed by atoms with Crippen LogP contribution >= 0.6 is 11.6 Å². The van der Waals surface area contributed by atoms with E-state index in [0.717, 1.165) is 28.9 Å². The number of hydrogen-bond donors (Lipinski definition) is 0. The molecule has 0 fully saturated rings. The van der Waals surface area contributed by atoms with Crippen molar-refractivity contribution in [1.29, 1.82) is 0 Å². The first kappa shape index (κ1) is 14.9. The zero-order valence-electron chi connectivity index (χ0n) is 12.9. The number of fused-ring (bicyclic) bond motifs is 1. The molecule has 3 heterocycles. The predicted octanol–water partition coefficient (Wildman–Crippen LogP) is 4.60. The lowest BCUT2D eigenvalue weighted by Gasteiger charge is -2.27. The summed E-state index contributed by atoms with van der Waals surface area (Å²) in [6.07, 6.45) is 7.40. The van der Waals surface area contributed by atoms with Crippen LogP contribution in [0.2, 0.25) is 5.02 Å². The average molecular weight is 335 g/mol. The van der Waals surface area contributed by atoms with Crippen LogP contribution in [-0.4, -0.2) is 15.3 Å². The van der Waals surface area contributed by atoms with Crippen LogP contribution in [0.5, 0.6) is 0 Å². The van der Waals surface area contributed by atoms with Gasteiger partial charge in [0.2, 0.25) is 5.78 Å². The minimum atomic E-state index is -0.00475. The van der Waals surface area contributed by atoms with Crippen LogP contribution in [0.25, 0.3) is 6.08 Å². The van der Waals surface area contributed by atoms with Crippen molar-refractivity contribution in [3.63, 3.8) is 0 Å². The van der Waals surface area contributed by atoms with Crippen molar-refractivity contribution in [2.24, 2.45) is 0 Å². The molecule has 0 bridgehead atoms. The molecular weight excluding hydrogens is 320 g/mol. The fourth-order valence-electron chi connectivity index (χ4n) is 3.17. The highest BCUT2D eigenvalue weighted by Crippen LogP contribution is 2.35. The minimum Gasteiger partial charge on any atom is -0.344 e. The first-order valence-corrected chi connectivity index (χ1v) is 8.17. The first-order valence-electron chi connectivity index (χ1n) is 7.79. The molecule has 1 atom stereocenters. The second kappa shape index (κ2) is 6.10. The Kier molecular flexibility index (Phi) is 3.79. The Bertz CT molecular complexity index is 910. The van der Waals surface area contributed by atoms with Gasteiger partial charge < -0.3 is 4.57 Å². The topological polar surface area (TPSA) is 34.9 Å². The molecule has 1 aliphatic rings. The number of carbonyl (C=O) groups excluding carboxylic acids is 1. The summed E-state index contributed by atoms with van der Waals surface area (Å²) in [5.74, 6) is 0.0601. The second-order valence-corrected chi connectivity index (χ2v) is 6.30. The van der Waals surface area contributed by atoms with Gasteiger partial charge in [0.25, 0.3) is 0 Å². The normalized spacial score (nSPS) is 18.6. The molecule has 0 N–H and O–H groups in total. The molecule has 118 valence electrons. The number of Topliss-reactive ketones (excluding diaryl/α,β-unsaturated/α-hetero) is 1. The number of aromatic nitrogens is 2. The van der Waals surface area contributed by atoms with E-state index >= 15 is 0 Å². The Hall–Kier alpha value is -2.65. The van der Waals surface area contributed by atoms with E-state index < -0.39 is 0 Å². The smallest absolute Gasteiger partial charge is 0.206 e. The predicted molar refractivity (Wildman–Crippen MR) is 95.2 cm³/mol. The molecule has 2 aromatic heterocycles. The lowest BCUT2D eigenvalue weighted by molar-refractivity contribution is 0.100. The quantitative estimate of drug-likeness (QED) is 0.642. The molecule has 24 heavy (non-hydrogen) atoms. The number of hydrogen-bond acceptors (Lipinski definition) is 2. The van der Waals surface area contributed by atoms with E-state index in [1.807, 2.05) is 65.4 Å². The molecule has 3 aromatic rings. The third kappa shape index (κ3) is 2.68. The second-order valence-electron chi connectivity index (χ2n) is 5.87. The summed E-state index contributed by atoms with van der Waals surface area (Å²) in [4.78, 5) is 17.1. The van der Waals surface area contributed by atoms with Crippen molar-refractivity contribution >= 4 is 23.5 Å². The third-order valence-corrected chi connectivity index (χ3v) is 4.61. The number of rotatable bonds is 2. The molecule has 1 aromatic carbocycles. The number of benzene rings is 1. The van der Waals surface area contributed by atoms with Crippen molar-refractivity contribution in [3.8, 4) is 0 Å². The molecule has 1 unspecified atom stereocenters. The van der Waals surface area contributed by atoms with E-state index in [1.165, 1.54) is 0 Å². The fourth-order valence-corrected chi connectivity index (χ4v) is 3.29. The van der Waals surface area contributed by atoms with Gasteiger partial charge in [0.15, 0.2) is 0 Å². The maximum absolute atomic E-state index is 13.0. The Balaban J connectivity index is 1.84. The molecule has 0 aliphatic carbocycles. The fraction of sp³-hybridized carbons (Fsp3) is 0.100. The van der Waals surface area contributed by atoms with Gasteiger partial charge >= 0.3 is 0 Å². The molecule has 4 rings (SSSR count). The molecule has 0 radical (unpaired) electrons. The van der Waals surface area contributed by atoms with Crippen molar-refractivity contribution in [3.05, 3.63) is 94.5 Å². The number of nitrogens with zero attached hydrogens (tertiary/aromatic N) is 2. The van der Waals surface area contributed by atoms with E-state index in [4.69, 9.17) is 11.6 Å². The number of allylic oxidation sites excluding steroid dienone is 1. The Morgan fingerprint density at radius 2 is 1.96 bits per heavy atom. The maximum atomic E-state index is 13.0. The van der Waals surface area contributed by atoms with Gasteiger partial charge in [0, 0.05) is 41.6 Å². The number of carbonyl (C=O) groups is 1. The van der Waals surface area contributed by atoms with E-state index in [9.17, 15) is 4.79 Å². The maximum Gasteiger partial charge on any atom is 0.206 e. The summed E-state index contributed by atoms with van der Waals surface area (Å²) in [7, 11) is 0. The highest BCUT2D eigenvalue weighted by Gasteiger charge is 2.31. The molecule has 0 saturated heterocycles. The van der Waals surface area contributed by atoms with E-state index in [0.29, 0.717) is 5.02 Å². The third-order valence-electron chi connectivity index (χ3n) is 4.36. The van der Waals surface area contributed by atoms with Crippen LogP contribution in [-0.2, 0) is 6.54 Å². The van der Waals surface area contributed by atoms with Gasteiger partial charge in [-0.15, -0.1) is 0 Å². The monoisotopic (exact) mass is 334 g/mol. The zero-order chi connectivity index (χ0) is 16.5. The van der Waals surface area contributed by atoms with Gasteiger partial charge in [-0.2, -0.15) is 0 Å². The van der Waals surface area contributed by atoms with Crippen LogP contribution in [0.15, 0.2) is 72.7 Å². The highest BCUT2D eigenvalue weighted by molar-refractivity contribution is 6.30. The Morgan fingerprint density at radius 3 is 2.71 bits per heavy atom. The number of halogens is 1. The molecule has 1 aliphatic heterocycles. The van der Waals surface area contributed by atoms with Crippen LogP contribution in [0, 0.1) is 0 Å². The summed E-state index contributed by atoms with van der Waals surface area (Å²) in [5.41, 5.74) is 3.54. The van der Waals surface area contributed by atoms with Gasteiger partial charge in [0.1, 0.15) is 0 Å². The Morgan fingerprint density at radius 1 is 1.12 bits per heavy atom. The minimum absolute atomic E-state index is 0.00475. The summed E-state index contributed by atoms with van der Waals surface area (Å²) in [6.45, 7) is 0.738. The van der Waals surface area contributed by atoms with E-state index in [2.05, 4.69) is 4.98 Å². The van der Waals surface area contributed by atoms with Crippen molar-refractivity contribution in [1.82, 2.24) is 9.55 Å². The van der Waals surface area contributed by atoms with Crippen LogP contribution in [0.3, 0.4) is 0 Å². The van der Waals surface area contributed by atoms with Gasteiger partial charge in [-0.3, -0.25) is 9.78 Å². The molecule has 0 saturated carbocycles. The van der Waals surface area contributed by atoms with Crippen LogP contribution in [0.4, 0.5) is 0 Å². The molecule has 4 heteroatoms. The highest BCUT2D eigenvalue weighted by atomic mass is 35.5. The average Bonchev–Trinajstić information content (AvgIpc) is 3.08. The molecule has 0 spiro atoms. The summed E-state index contributed by atoms with van der Waals surface area (Å²) in [6, 6.07) is 15.3. The van der Waals surface area contributed by atoms with Gasteiger partial charge in [-0.1, -0.05) is 29.8 Å². The van der Waals surface area contributed by atoms with Gasteiger partial charge in [-0.05, 0) is 47.5 Å². The summed E-state index contributed by atoms with van der Waals surface area (Å²) in [5, 5.41) is 0.695. The van der Waals surface area contributed by atoms with Crippen LogP contribution in [0.1, 0.15) is 27.5 Å². The Labute approximate surface area is 145 Å². The largest absolute Gasteiger partial charge is 0.344 e. The zero-order valence-corrected chi connectivity index (χ0v) is 13.6. The summed E-state index contributed by atoms with van der Waals surface area (Å²) < 4.78 is 2.02. The van der Waals surface area contributed by atoms with E-state index in [1.54, 1.807) is 12.4 Å². The standard InChI is InChI=1S/C20H15ClN2O/c21-16-7-5-15(6-8-16)18-13-23-10-2-4-19(23)20(24)17(18)11-14-3-1-9-22-12-14/h1-12,18H,13H2/b17-11-. The van der Waals surface area contributed by atoms with Crippen molar-refractivity contribution in [2.45, 2.75) is 12.5 Å². The van der Waals surface area contributed by atoms with Crippen LogP contribution < -0.4 is 0 Å². The summed E-state index contributed by atoms with van der Waals surface area (Å²) >= 11 is 6.01. The number of pyridine rings is 1. The molecule has 0 amide bonds. The molecular formula is C20H15ClN2O. The van der Waals surface area contributed by atoms with Gasteiger partial charge in [0.05, 0.1) is 5.69 Å². The SMILES string of the molecule is O=C1/C(=C\c2cccnc2)C(c2ccc(Cl)cc2)Cn2cccc21.